The Labute approximate surface area is 64.8 Å². The van der Waals surface area contributed by atoms with Crippen molar-refractivity contribution in [1.82, 2.24) is 0 Å². The van der Waals surface area contributed by atoms with Crippen molar-refractivity contribution in [3.05, 3.63) is 11.6 Å². The van der Waals surface area contributed by atoms with E-state index >= 15 is 0 Å². The van der Waals surface area contributed by atoms with Crippen molar-refractivity contribution >= 4 is 0 Å². The fraction of sp³-hybridized carbons (Fsp3) is 0.286. The average molecular weight is 146 g/mol. The van der Waals surface area contributed by atoms with Gasteiger partial charge in [-0.05, 0) is 6.08 Å². The van der Waals surface area contributed by atoms with Crippen LogP contribution in [-0.2, 0) is 0 Å². The summed E-state index contributed by atoms with van der Waals surface area (Å²) in [5.74, 6) is -0.538. The first kappa shape index (κ1) is 9.17. The van der Waals surface area contributed by atoms with Crippen LogP contribution >= 0.6 is 0 Å². The average Bonchev–Trinajstić information content (AvgIpc) is 2.07. The monoisotopic (exact) mass is 146 g/mol. The van der Waals surface area contributed by atoms with Gasteiger partial charge in [-0.1, -0.05) is 0 Å². The molecule has 0 aromatic carbocycles. The second kappa shape index (κ2) is 4.99. The largest absolute Gasteiger partial charge is 0.329 e. The molecule has 11 heavy (non-hydrogen) atoms. The van der Waals surface area contributed by atoms with Crippen LogP contribution in [0.25, 0.3) is 0 Å². The summed E-state index contributed by atoms with van der Waals surface area (Å²) >= 11 is 0. The van der Waals surface area contributed by atoms with Crippen molar-refractivity contribution in [3.63, 3.8) is 0 Å². The van der Waals surface area contributed by atoms with Crippen molar-refractivity contribution in [2.45, 2.75) is 0 Å². The van der Waals surface area contributed by atoms with E-state index in [2.05, 4.69) is 0 Å². The highest BCUT2D eigenvalue weighted by Gasteiger charge is 2.01. The van der Waals surface area contributed by atoms with Gasteiger partial charge < -0.3 is 5.73 Å². The molecule has 0 aliphatic rings. The predicted octanol–water partition coefficient (Wildman–Crippen LogP) is 0.0584. The van der Waals surface area contributed by atoms with Crippen LogP contribution in [0.1, 0.15) is 0 Å². The molecular formula is C7H6N4. The standard InChI is InChI=1S/C7H6N4/c8-2-6(3-9)1-7(4-10)5-11/h1,6H,2,8H2. The predicted molar refractivity (Wildman–Crippen MR) is 37.5 cm³/mol. The van der Waals surface area contributed by atoms with Gasteiger partial charge in [0, 0.05) is 6.54 Å². The van der Waals surface area contributed by atoms with Crippen LogP contribution in [0.3, 0.4) is 0 Å². The van der Waals surface area contributed by atoms with Crippen LogP contribution in [0.5, 0.6) is 0 Å². The second-order valence-electron chi connectivity index (χ2n) is 1.78. The van der Waals surface area contributed by atoms with Gasteiger partial charge in [-0.3, -0.25) is 0 Å². The zero-order valence-corrected chi connectivity index (χ0v) is 5.78. The Morgan fingerprint density at radius 3 is 2.18 bits per heavy atom. The fourth-order valence-corrected chi connectivity index (χ4v) is 0.459. The lowest BCUT2D eigenvalue weighted by atomic mass is 10.1. The molecule has 1 atom stereocenters. The zero-order valence-electron chi connectivity index (χ0n) is 5.78. The number of nitriles is 3. The Bertz CT molecular complexity index is 254. The quantitative estimate of drug-likeness (QED) is 0.557. The van der Waals surface area contributed by atoms with Crippen LogP contribution in [-0.4, -0.2) is 6.54 Å². The second-order valence-corrected chi connectivity index (χ2v) is 1.78. The van der Waals surface area contributed by atoms with Crippen molar-refractivity contribution < 1.29 is 0 Å². The lowest BCUT2D eigenvalue weighted by Gasteiger charge is -1.94. The van der Waals surface area contributed by atoms with Gasteiger partial charge in [0.1, 0.15) is 17.7 Å². The van der Waals surface area contributed by atoms with E-state index in [4.69, 9.17) is 21.5 Å². The Hall–Kier alpha value is -1.83. The summed E-state index contributed by atoms with van der Waals surface area (Å²) in [6.45, 7) is 0.128. The molecule has 54 valence electrons. The Kier molecular flexibility index (Phi) is 4.16. The summed E-state index contributed by atoms with van der Waals surface area (Å²) in [6.07, 6.45) is 1.26. The molecule has 1 unspecified atom stereocenters. The first-order valence-electron chi connectivity index (χ1n) is 2.90. The van der Waals surface area contributed by atoms with Gasteiger partial charge in [-0.25, -0.2) is 0 Å². The van der Waals surface area contributed by atoms with E-state index < -0.39 is 5.92 Å². The SMILES string of the molecule is N#CC(C#N)=CC(C#N)CN. The Balaban J connectivity index is 4.45. The molecule has 0 aliphatic carbocycles. The molecule has 0 saturated carbocycles. The van der Waals surface area contributed by atoms with Crippen LogP contribution in [0.4, 0.5) is 0 Å². The first-order valence-corrected chi connectivity index (χ1v) is 2.90. The number of hydrogen-bond donors (Lipinski definition) is 1. The Morgan fingerprint density at radius 1 is 1.36 bits per heavy atom. The smallest absolute Gasteiger partial charge is 0.127 e. The molecule has 0 bridgehead atoms. The molecule has 0 fully saturated rings. The summed E-state index contributed by atoms with van der Waals surface area (Å²) in [5.41, 5.74) is 5.09. The summed E-state index contributed by atoms with van der Waals surface area (Å²) < 4.78 is 0. The maximum Gasteiger partial charge on any atom is 0.127 e. The molecule has 0 spiro atoms. The topological polar surface area (TPSA) is 97.4 Å². The molecule has 2 N–H and O–H groups in total. The van der Waals surface area contributed by atoms with Gasteiger partial charge in [0.25, 0.3) is 0 Å². The number of nitrogens with two attached hydrogens (primary N) is 1. The summed E-state index contributed by atoms with van der Waals surface area (Å²) in [4.78, 5) is 0. The normalized spacial score (nSPS) is 10.0. The highest BCUT2D eigenvalue weighted by Crippen LogP contribution is 1.98. The molecule has 0 aliphatic heterocycles. The number of rotatable bonds is 2. The molecule has 0 aromatic heterocycles. The van der Waals surface area contributed by atoms with Crippen molar-refractivity contribution in [1.29, 1.82) is 15.8 Å². The fourth-order valence-electron chi connectivity index (χ4n) is 0.459. The Morgan fingerprint density at radius 2 is 1.91 bits per heavy atom. The van der Waals surface area contributed by atoms with E-state index in [1.54, 1.807) is 12.1 Å². The van der Waals surface area contributed by atoms with Crippen molar-refractivity contribution in [2.75, 3.05) is 6.54 Å². The number of nitrogens with zero attached hydrogens (tertiary/aromatic N) is 3. The molecule has 0 aromatic rings. The number of allylic oxidation sites excluding steroid dienone is 1. The van der Waals surface area contributed by atoms with E-state index in [9.17, 15) is 0 Å². The van der Waals surface area contributed by atoms with Crippen LogP contribution in [0.15, 0.2) is 11.6 Å². The minimum Gasteiger partial charge on any atom is -0.329 e. The maximum atomic E-state index is 8.37. The van der Waals surface area contributed by atoms with E-state index in [1.807, 2.05) is 6.07 Å². The van der Waals surface area contributed by atoms with E-state index in [1.165, 1.54) is 6.08 Å². The summed E-state index contributed by atoms with van der Waals surface area (Å²) in [6, 6.07) is 5.14. The summed E-state index contributed by atoms with van der Waals surface area (Å²) in [5, 5.41) is 24.9. The molecule has 0 amide bonds. The highest BCUT2D eigenvalue weighted by atomic mass is 14.5. The lowest BCUT2D eigenvalue weighted by molar-refractivity contribution is 0.832. The van der Waals surface area contributed by atoms with Gasteiger partial charge in [0.15, 0.2) is 0 Å². The van der Waals surface area contributed by atoms with Crippen LogP contribution < -0.4 is 5.73 Å². The summed E-state index contributed by atoms with van der Waals surface area (Å²) in [7, 11) is 0. The van der Waals surface area contributed by atoms with E-state index in [0.717, 1.165) is 0 Å². The van der Waals surface area contributed by atoms with Gasteiger partial charge in [-0.2, -0.15) is 15.8 Å². The van der Waals surface area contributed by atoms with Gasteiger partial charge in [-0.15, -0.1) is 0 Å². The lowest BCUT2D eigenvalue weighted by Crippen LogP contribution is -2.10. The minimum absolute atomic E-state index is 0.0676. The van der Waals surface area contributed by atoms with Crippen LogP contribution in [0, 0.1) is 39.9 Å². The van der Waals surface area contributed by atoms with Crippen molar-refractivity contribution in [3.8, 4) is 18.2 Å². The van der Waals surface area contributed by atoms with Gasteiger partial charge in [0.05, 0.1) is 12.0 Å². The molecule has 0 heterocycles. The third-order valence-electron chi connectivity index (χ3n) is 1.03. The van der Waals surface area contributed by atoms with Gasteiger partial charge in [0.2, 0.25) is 0 Å². The van der Waals surface area contributed by atoms with Crippen LogP contribution in [0.2, 0.25) is 0 Å². The maximum absolute atomic E-state index is 8.37. The van der Waals surface area contributed by atoms with Gasteiger partial charge >= 0.3 is 0 Å². The molecule has 4 heteroatoms. The zero-order chi connectivity index (χ0) is 8.69. The van der Waals surface area contributed by atoms with Crippen molar-refractivity contribution in [2.24, 2.45) is 11.7 Å². The first-order chi connectivity index (χ1) is 5.28. The third-order valence-corrected chi connectivity index (χ3v) is 1.03. The molecule has 4 nitrogen and oxygen atoms in total. The molecule has 0 radical (unpaired) electrons. The minimum atomic E-state index is -0.538. The highest BCUT2D eigenvalue weighted by molar-refractivity contribution is 5.36. The molecule has 0 rings (SSSR count). The number of hydrogen-bond acceptors (Lipinski definition) is 4. The van der Waals surface area contributed by atoms with E-state index in [-0.39, 0.29) is 12.1 Å². The molecular weight excluding hydrogens is 140 g/mol. The molecule has 0 saturated heterocycles. The van der Waals surface area contributed by atoms with E-state index in [0.29, 0.717) is 0 Å². The third kappa shape index (κ3) is 3.01.